The molecule has 2 aromatic carbocycles. The van der Waals surface area contributed by atoms with Gasteiger partial charge >= 0.3 is 12.1 Å². The van der Waals surface area contributed by atoms with Gasteiger partial charge < -0.3 is 19.3 Å². The minimum Gasteiger partial charge on any atom is -0.497 e. The van der Waals surface area contributed by atoms with Crippen molar-refractivity contribution in [2.24, 2.45) is 0 Å². The maximum absolute atomic E-state index is 11.2. The summed E-state index contributed by atoms with van der Waals surface area (Å²) >= 11 is 0. The van der Waals surface area contributed by atoms with Crippen LogP contribution in [0.2, 0.25) is 0 Å². The Balaban J connectivity index is 1.60. The van der Waals surface area contributed by atoms with Gasteiger partial charge in [0.25, 0.3) is 0 Å². The van der Waals surface area contributed by atoms with Crippen molar-refractivity contribution in [3.63, 3.8) is 0 Å². The number of nitrogens with zero attached hydrogens (tertiary/aromatic N) is 2. The fourth-order valence-corrected chi connectivity index (χ4v) is 2.23. The second-order valence-electron chi connectivity index (χ2n) is 5.32. The van der Waals surface area contributed by atoms with Crippen LogP contribution in [0, 0.1) is 0 Å². The lowest BCUT2D eigenvalue weighted by atomic mass is 10.2. The van der Waals surface area contributed by atoms with E-state index >= 15 is 0 Å². The average Bonchev–Trinajstić information content (AvgIpc) is 3.16. The Morgan fingerprint density at radius 2 is 1.96 bits per heavy atom. The van der Waals surface area contributed by atoms with Gasteiger partial charge in [-0.2, -0.15) is 4.98 Å². The van der Waals surface area contributed by atoms with Crippen LogP contribution in [0.1, 0.15) is 5.56 Å². The van der Waals surface area contributed by atoms with Crippen LogP contribution in [0.15, 0.2) is 53.1 Å². The maximum atomic E-state index is 11.2. The molecule has 0 unspecified atom stereocenters. The van der Waals surface area contributed by atoms with E-state index in [9.17, 15) is 4.79 Å². The summed E-state index contributed by atoms with van der Waals surface area (Å²) in [5.41, 5.74) is 2.44. The molecule has 8 nitrogen and oxygen atoms in total. The summed E-state index contributed by atoms with van der Waals surface area (Å²) in [6, 6.07) is 15.1. The van der Waals surface area contributed by atoms with Gasteiger partial charge in [-0.25, -0.2) is 4.79 Å². The lowest BCUT2D eigenvalue weighted by molar-refractivity contribution is 0.187. The SMILES string of the molecule is COC(=O)Nc1ccc(CNc2nc(-c3cccc(OC)c3)no2)cc1. The van der Waals surface area contributed by atoms with Gasteiger partial charge in [-0.05, 0) is 29.8 Å². The lowest BCUT2D eigenvalue weighted by Crippen LogP contribution is -2.10. The molecule has 8 heteroatoms. The zero-order valence-electron chi connectivity index (χ0n) is 14.4. The van der Waals surface area contributed by atoms with Crippen LogP contribution in [-0.2, 0) is 11.3 Å². The number of rotatable bonds is 6. The smallest absolute Gasteiger partial charge is 0.411 e. The van der Waals surface area contributed by atoms with E-state index in [1.807, 2.05) is 36.4 Å². The Labute approximate surface area is 150 Å². The Morgan fingerprint density at radius 3 is 2.69 bits per heavy atom. The molecular formula is C18H18N4O4. The van der Waals surface area contributed by atoms with Crippen LogP contribution in [0.25, 0.3) is 11.4 Å². The highest BCUT2D eigenvalue weighted by molar-refractivity contribution is 5.84. The van der Waals surface area contributed by atoms with Crippen molar-refractivity contribution in [2.45, 2.75) is 6.54 Å². The van der Waals surface area contributed by atoms with E-state index in [2.05, 4.69) is 25.5 Å². The molecule has 0 saturated heterocycles. The van der Waals surface area contributed by atoms with Gasteiger partial charge in [-0.3, -0.25) is 5.32 Å². The molecule has 0 fully saturated rings. The third kappa shape index (κ3) is 4.29. The minimum absolute atomic E-state index is 0.319. The van der Waals surface area contributed by atoms with Crippen molar-refractivity contribution in [2.75, 3.05) is 24.9 Å². The minimum atomic E-state index is -0.508. The molecule has 0 bridgehead atoms. The molecule has 3 aromatic rings. The predicted octanol–water partition coefficient (Wildman–Crippen LogP) is 3.54. The Morgan fingerprint density at radius 1 is 1.15 bits per heavy atom. The third-order valence-corrected chi connectivity index (χ3v) is 3.58. The number of hydrogen-bond acceptors (Lipinski definition) is 7. The molecule has 0 aliphatic heterocycles. The van der Waals surface area contributed by atoms with Gasteiger partial charge in [0.15, 0.2) is 0 Å². The van der Waals surface area contributed by atoms with Gasteiger partial charge in [0.2, 0.25) is 5.82 Å². The second kappa shape index (κ2) is 8.02. The normalized spacial score (nSPS) is 10.2. The molecule has 0 aliphatic rings. The summed E-state index contributed by atoms with van der Waals surface area (Å²) in [5.74, 6) is 1.20. The number of carbonyl (C=O) groups excluding carboxylic acids is 1. The van der Waals surface area contributed by atoms with Gasteiger partial charge in [0.1, 0.15) is 5.75 Å². The van der Waals surface area contributed by atoms with E-state index in [1.54, 1.807) is 19.2 Å². The fourth-order valence-electron chi connectivity index (χ4n) is 2.23. The first-order valence-corrected chi connectivity index (χ1v) is 7.84. The van der Waals surface area contributed by atoms with E-state index in [4.69, 9.17) is 9.26 Å². The molecule has 0 aliphatic carbocycles. The van der Waals surface area contributed by atoms with Crippen molar-refractivity contribution in [3.8, 4) is 17.1 Å². The number of ether oxygens (including phenoxy) is 2. The molecule has 0 saturated carbocycles. The number of amides is 1. The number of carbonyl (C=O) groups is 1. The first-order chi connectivity index (χ1) is 12.7. The van der Waals surface area contributed by atoms with Crippen molar-refractivity contribution in [1.82, 2.24) is 10.1 Å². The molecule has 0 spiro atoms. The number of anilines is 2. The van der Waals surface area contributed by atoms with Crippen LogP contribution in [-0.4, -0.2) is 30.5 Å². The van der Waals surface area contributed by atoms with E-state index in [-0.39, 0.29) is 0 Å². The third-order valence-electron chi connectivity index (χ3n) is 3.58. The zero-order chi connectivity index (χ0) is 18.4. The highest BCUT2D eigenvalue weighted by Gasteiger charge is 2.09. The Hall–Kier alpha value is -3.55. The number of methoxy groups -OCH3 is 2. The lowest BCUT2D eigenvalue weighted by Gasteiger charge is -2.05. The van der Waals surface area contributed by atoms with Gasteiger partial charge in [0.05, 0.1) is 14.2 Å². The summed E-state index contributed by atoms with van der Waals surface area (Å²) in [7, 11) is 2.92. The quantitative estimate of drug-likeness (QED) is 0.698. The highest BCUT2D eigenvalue weighted by atomic mass is 16.5. The predicted molar refractivity (Wildman–Crippen MR) is 96.1 cm³/mol. The number of aromatic nitrogens is 2. The molecule has 0 atom stereocenters. The van der Waals surface area contributed by atoms with E-state index in [0.29, 0.717) is 24.1 Å². The first-order valence-electron chi connectivity index (χ1n) is 7.84. The second-order valence-corrected chi connectivity index (χ2v) is 5.32. The molecule has 1 heterocycles. The summed E-state index contributed by atoms with van der Waals surface area (Å²) in [5, 5.41) is 9.62. The van der Waals surface area contributed by atoms with Crippen LogP contribution in [0.5, 0.6) is 5.75 Å². The molecular weight excluding hydrogens is 336 g/mol. The summed E-state index contributed by atoms with van der Waals surface area (Å²) in [4.78, 5) is 15.5. The van der Waals surface area contributed by atoms with Crippen LogP contribution in [0.3, 0.4) is 0 Å². The largest absolute Gasteiger partial charge is 0.497 e. The van der Waals surface area contributed by atoms with E-state index in [0.717, 1.165) is 16.9 Å². The van der Waals surface area contributed by atoms with Crippen molar-refractivity contribution < 1.29 is 18.8 Å². The van der Waals surface area contributed by atoms with Crippen LogP contribution < -0.4 is 15.4 Å². The number of nitrogens with one attached hydrogen (secondary N) is 2. The molecule has 1 amide bonds. The van der Waals surface area contributed by atoms with Crippen molar-refractivity contribution >= 4 is 17.8 Å². The summed E-state index contributed by atoms with van der Waals surface area (Å²) in [6.45, 7) is 0.498. The first kappa shape index (κ1) is 17.3. The molecule has 26 heavy (non-hydrogen) atoms. The zero-order valence-corrected chi connectivity index (χ0v) is 14.4. The summed E-state index contributed by atoms with van der Waals surface area (Å²) in [6.07, 6.45) is -0.508. The standard InChI is InChI=1S/C18H18N4O4/c1-24-15-5-3-4-13(10-15)16-21-17(26-22-16)19-11-12-6-8-14(9-7-12)20-18(23)25-2/h3-10H,11H2,1-2H3,(H,20,23)(H,19,21,22). The molecule has 0 radical (unpaired) electrons. The number of benzene rings is 2. The fraction of sp³-hybridized carbons (Fsp3) is 0.167. The highest BCUT2D eigenvalue weighted by Crippen LogP contribution is 2.22. The topological polar surface area (TPSA) is 98.5 Å². The van der Waals surface area contributed by atoms with Gasteiger partial charge in [0, 0.05) is 17.8 Å². The molecule has 134 valence electrons. The van der Waals surface area contributed by atoms with Gasteiger partial charge in [-0.15, -0.1) is 0 Å². The summed E-state index contributed by atoms with van der Waals surface area (Å²) < 4.78 is 15.0. The molecule has 3 rings (SSSR count). The van der Waals surface area contributed by atoms with E-state index < -0.39 is 6.09 Å². The number of hydrogen-bond donors (Lipinski definition) is 2. The van der Waals surface area contributed by atoms with Gasteiger partial charge in [-0.1, -0.05) is 29.4 Å². The van der Waals surface area contributed by atoms with Crippen LogP contribution in [0.4, 0.5) is 16.5 Å². The Bertz CT molecular complexity index is 877. The van der Waals surface area contributed by atoms with E-state index in [1.165, 1.54) is 7.11 Å². The Kier molecular flexibility index (Phi) is 5.33. The van der Waals surface area contributed by atoms with Crippen LogP contribution >= 0.6 is 0 Å². The molecule has 2 N–H and O–H groups in total. The average molecular weight is 354 g/mol. The van der Waals surface area contributed by atoms with Crippen molar-refractivity contribution in [3.05, 3.63) is 54.1 Å². The molecule has 1 aromatic heterocycles. The van der Waals surface area contributed by atoms with Crippen molar-refractivity contribution in [1.29, 1.82) is 0 Å². The monoisotopic (exact) mass is 354 g/mol. The maximum Gasteiger partial charge on any atom is 0.411 e.